The second-order valence-electron chi connectivity index (χ2n) is 2.18. The number of rotatable bonds is 2. The third-order valence-corrected chi connectivity index (χ3v) is 1.62. The molecule has 0 aliphatic carbocycles. The van der Waals surface area contributed by atoms with Crippen LogP contribution in [0.25, 0.3) is 0 Å². The van der Waals surface area contributed by atoms with Gasteiger partial charge in [0.25, 0.3) is 6.43 Å². The van der Waals surface area contributed by atoms with E-state index in [-0.39, 0.29) is 5.88 Å². The van der Waals surface area contributed by atoms with Crippen molar-refractivity contribution in [1.82, 2.24) is 4.98 Å². The Morgan fingerprint density at radius 2 is 2.25 bits per heavy atom. The van der Waals surface area contributed by atoms with E-state index in [0.717, 1.165) is 0 Å². The van der Waals surface area contributed by atoms with Gasteiger partial charge in [-0.2, -0.15) is 0 Å². The molecule has 0 atom stereocenters. The minimum Gasteiger partial charge on any atom is -0.506 e. The van der Waals surface area contributed by atoms with Gasteiger partial charge < -0.3 is 5.11 Å². The highest BCUT2D eigenvalue weighted by Crippen LogP contribution is 2.26. The molecule has 66 valence electrons. The average Bonchev–Trinajstić information content (AvgIpc) is 2.03. The number of pyridine rings is 1. The third-order valence-electron chi connectivity index (χ3n) is 1.32. The van der Waals surface area contributed by atoms with Gasteiger partial charge in [-0.1, -0.05) is 0 Å². The molecule has 0 saturated carbocycles. The molecule has 5 heteroatoms. The van der Waals surface area contributed by atoms with Crippen LogP contribution in [0.1, 0.15) is 17.7 Å². The summed E-state index contributed by atoms with van der Waals surface area (Å²) in [5, 5.41) is 8.99. The van der Waals surface area contributed by atoms with Crippen molar-refractivity contribution in [1.29, 1.82) is 0 Å². The molecule has 0 aromatic carbocycles. The number of aromatic hydroxyl groups is 1. The van der Waals surface area contributed by atoms with Gasteiger partial charge in [-0.05, 0) is 11.6 Å². The zero-order valence-corrected chi connectivity index (χ0v) is 6.72. The fourth-order valence-corrected chi connectivity index (χ4v) is 0.893. The maximum atomic E-state index is 12.0. The minimum absolute atomic E-state index is 0.143. The predicted octanol–water partition coefficient (Wildman–Crippen LogP) is 2.46. The van der Waals surface area contributed by atoms with Crippen molar-refractivity contribution in [2.24, 2.45) is 0 Å². The molecule has 0 aliphatic rings. The lowest BCUT2D eigenvalue weighted by molar-refractivity contribution is 0.142. The van der Waals surface area contributed by atoms with Crippen molar-refractivity contribution < 1.29 is 13.9 Å². The quantitative estimate of drug-likeness (QED) is 0.732. The van der Waals surface area contributed by atoms with Crippen LogP contribution < -0.4 is 0 Å². The fourth-order valence-electron chi connectivity index (χ4n) is 0.747. The number of alkyl halides is 3. The highest BCUT2D eigenvalue weighted by molar-refractivity contribution is 6.17. The summed E-state index contributed by atoms with van der Waals surface area (Å²) in [4.78, 5) is 3.36. The van der Waals surface area contributed by atoms with Crippen molar-refractivity contribution in [3.63, 3.8) is 0 Å². The molecule has 0 radical (unpaired) electrons. The molecule has 1 N–H and O–H groups in total. The topological polar surface area (TPSA) is 33.1 Å². The molecule has 0 unspecified atom stereocenters. The minimum atomic E-state index is -2.76. The van der Waals surface area contributed by atoms with Crippen LogP contribution in [0.4, 0.5) is 8.78 Å². The van der Waals surface area contributed by atoms with E-state index in [1.54, 1.807) is 0 Å². The zero-order chi connectivity index (χ0) is 9.14. The van der Waals surface area contributed by atoms with Crippen LogP contribution in [-0.2, 0) is 5.88 Å². The lowest BCUT2D eigenvalue weighted by Gasteiger charge is -2.02. The number of aromatic nitrogens is 1. The molecule has 0 fully saturated rings. The van der Waals surface area contributed by atoms with Crippen molar-refractivity contribution >= 4 is 11.6 Å². The summed E-state index contributed by atoms with van der Waals surface area (Å²) in [6.07, 6.45) is -1.54. The smallest absolute Gasteiger partial charge is 0.284 e. The SMILES string of the molecule is Oc1cc(CCl)cnc1C(F)F. The Morgan fingerprint density at radius 1 is 1.58 bits per heavy atom. The van der Waals surface area contributed by atoms with Crippen LogP contribution in [0.5, 0.6) is 5.75 Å². The maximum absolute atomic E-state index is 12.0. The van der Waals surface area contributed by atoms with Crippen LogP contribution in [-0.4, -0.2) is 10.1 Å². The van der Waals surface area contributed by atoms with E-state index in [1.165, 1.54) is 12.3 Å². The summed E-state index contributed by atoms with van der Waals surface area (Å²) in [5.41, 5.74) is -0.0950. The molecule has 1 aromatic rings. The van der Waals surface area contributed by atoms with Crippen molar-refractivity contribution in [2.45, 2.75) is 12.3 Å². The van der Waals surface area contributed by atoms with Crippen LogP contribution in [0, 0.1) is 0 Å². The number of hydrogen-bond donors (Lipinski definition) is 1. The Balaban J connectivity index is 3.03. The van der Waals surface area contributed by atoms with E-state index in [1.807, 2.05) is 0 Å². The Kier molecular flexibility index (Phi) is 2.81. The molecule has 0 bridgehead atoms. The first-order valence-corrected chi connectivity index (χ1v) is 3.70. The van der Waals surface area contributed by atoms with Crippen molar-refractivity contribution in [3.05, 3.63) is 23.5 Å². The van der Waals surface area contributed by atoms with Gasteiger partial charge in [0.2, 0.25) is 0 Å². The van der Waals surface area contributed by atoms with E-state index in [2.05, 4.69) is 4.98 Å². The van der Waals surface area contributed by atoms with E-state index in [4.69, 9.17) is 16.7 Å². The number of hydrogen-bond acceptors (Lipinski definition) is 2. The second-order valence-corrected chi connectivity index (χ2v) is 2.45. The number of halogens is 3. The van der Waals surface area contributed by atoms with Crippen molar-refractivity contribution in [3.8, 4) is 5.75 Å². The second kappa shape index (κ2) is 3.67. The lowest BCUT2D eigenvalue weighted by atomic mass is 10.2. The van der Waals surface area contributed by atoms with Crippen molar-refractivity contribution in [2.75, 3.05) is 0 Å². The summed E-state index contributed by atoms with van der Waals surface area (Å²) >= 11 is 5.39. The first kappa shape index (κ1) is 9.19. The van der Waals surface area contributed by atoms with Crippen LogP contribution in [0.2, 0.25) is 0 Å². The van der Waals surface area contributed by atoms with Gasteiger partial charge in [0.1, 0.15) is 11.4 Å². The van der Waals surface area contributed by atoms with Gasteiger partial charge in [0, 0.05) is 12.1 Å². The summed E-state index contributed by atoms with van der Waals surface area (Å²) in [6.45, 7) is 0. The zero-order valence-electron chi connectivity index (χ0n) is 5.97. The molecule has 1 rings (SSSR count). The Labute approximate surface area is 72.8 Å². The van der Waals surface area contributed by atoms with Gasteiger partial charge in [0.15, 0.2) is 0 Å². The van der Waals surface area contributed by atoms with E-state index < -0.39 is 17.9 Å². The van der Waals surface area contributed by atoms with Gasteiger partial charge >= 0.3 is 0 Å². The average molecular weight is 194 g/mol. The summed E-state index contributed by atoms with van der Waals surface area (Å²) in [6, 6.07) is 1.18. The molecule has 2 nitrogen and oxygen atoms in total. The summed E-state index contributed by atoms with van der Waals surface area (Å²) in [5.74, 6) is -0.368. The van der Waals surface area contributed by atoms with Gasteiger partial charge in [-0.25, -0.2) is 8.78 Å². The maximum Gasteiger partial charge on any atom is 0.284 e. The van der Waals surface area contributed by atoms with Gasteiger partial charge in [-0.15, -0.1) is 11.6 Å². The first-order chi connectivity index (χ1) is 5.65. The lowest BCUT2D eigenvalue weighted by Crippen LogP contribution is -1.92. The molecule has 1 heterocycles. The van der Waals surface area contributed by atoms with Crippen LogP contribution in [0.15, 0.2) is 12.3 Å². The highest BCUT2D eigenvalue weighted by Gasteiger charge is 2.14. The summed E-state index contributed by atoms with van der Waals surface area (Å²) < 4.78 is 24.0. The van der Waals surface area contributed by atoms with Crippen LogP contribution in [0.3, 0.4) is 0 Å². The standard InChI is InChI=1S/C7H6ClF2NO/c8-2-4-1-5(12)6(7(9)10)11-3-4/h1,3,7,12H,2H2. The van der Waals surface area contributed by atoms with Gasteiger partial charge in [0.05, 0.1) is 0 Å². The Hall–Kier alpha value is -0.900. The first-order valence-electron chi connectivity index (χ1n) is 3.17. The van der Waals surface area contributed by atoms with E-state index in [0.29, 0.717) is 5.56 Å². The molecule has 1 aromatic heterocycles. The monoisotopic (exact) mass is 193 g/mol. The highest BCUT2D eigenvalue weighted by atomic mass is 35.5. The molecular weight excluding hydrogens is 188 g/mol. The fraction of sp³-hybridized carbons (Fsp3) is 0.286. The molecule has 0 saturated heterocycles. The molecule has 0 spiro atoms. The molecule has 0 aliphatic heterocycles. The number of nitrogens with zero attached hydrogens (tertiary/aromatic N) is 1. The summed E-state index contributed by atoms with van der Waals surface area (Å²) in [7, 11) is 0. The normalized spacial score (nSPS) is 10.7. The molecule has 12 heavy (non-hydrogen) atoms. The predicted molar refractivity (Wildman–Crippen MR) is 40.4 cm³/mol. The van der Waals surface area contributed by atoms with Crippen LogP contribution >= 0.6 is 11.6 Å². The Bertz CT molecular complexity index is 280. The van der Waals surface area contributed by atoms with E-state index >= 15 is 0 Å². The Morgan fingerprint density at radius 3 is 2.67 bits per heavy atom. The molecular formula is C7H6ClF2NO. The third kappa shape index (κ3) is 1.82. The van der Waals surface area contributed by atoms with E-state index in [9.17, 15) is 8.78 Å². The largest absolute Gasteiger partial charge is 0.506 e. The molecule has 0 amide bonds. The van der Waals surface area contributed by atoms with Gasteiger partial charge in [-0.3, -0.25) is 4.98 Å².